The third kappa shape index (κ3) is 10.6. The minimum Gasteiger partial charge on any atom is -0.462 e. The summed E-state index contributed by atoms with van der Waals surface area (Å²) in [5.74, 6) is 6.11. The van der Waals surface area contributed by atoms with Crippen LogP contribution in [0.25, 0.3) is 0 Å². The monoisotopic (exact) mass is 667 g/mol. The molecule has 278 valence electrons. The molecule has 0 saturated heterocycles. The zero-order chi connectivity index (χ0) is 34.6. The van der Waals surface area contributed by atoms with Crippen LogP contribution in [0.1, 0.15) is 215 Å². The van der Waals surface area contributed by atoms with Crippen LogP contribution in [0, 0.1) is 52.3 Å². The Balaban J connectivity index is 1.11. The van der Waals surface area contributed by atoms with E-state index in [0.29, 0.717) is 17.3 Å². The number of unbranched alkanes of at least 4 members (excludes halogenated alkanes) is 14. The van der Waals surface area contributed by atoms with E-state index in [1.165, 1.54) is 141 Å². The zero-order valence-corrected chi connectivity index (χ0v) is 33.4. The van der Waals surface area contributed by atoms with Crippen LogP contribution in [0.15, 0.2) is 11.6 Å². The van der Waals surface area contributed by atoms with Gasteiger partial charge in [-0.15, -0.1) is 0 Å². The van der Waals surface area contributed by atoms with Crippen molar-refractivity contribution < 1.29 is 9.53 Å². The summed E-state index contributed by atoms with van der Waals surface area (Å²) in [7, 11) is 0. The molecule has 0 heterocycles. The van der Waals surface area contributed by atoms with Gasteiger partial charge in [-0.3, -0.25) is 4.79 Å². The molecule has 0 bridgehead atoms. The summed E-state index contributed by atoms with van der Waals surface area (Å²) in [4.78, 5) is 12.8. The molecule has 0 aromatic heterocycles. The number of allylic oxidation sites excluding steroid dienone is 1. The van der Waals surface area contributed by atoms with Gasteiger partial charge in [0.15, 0.2) is 0 Å². The highest BCUT2D eigenvalue weighted by Gasteiger charge is 2.59. The maximum atomic E-state index is 12.8. The molecule has 9 atom stereocenters. The van der Waals surface area contributed by atoms with Crippen LogP contribution >= 0.6 is 0 Å². The topological polar surface area (TPSA) is 26.3 Å². The number of carbonyl (C=O) groups excluding carboxylic acids is 1. The van der Waals surface area contributed by atoms with E-state index in [1.807, 2.05) is 0 Å². The first kappa shape index (κ1) is 40.0. The molecule has 0 unspecified atom stereocenters. The molecule has 4 aliphatic carbocycles. The van der Waals surface area contributed by atoms with Gasteiger partial charge in [0.2, 0.25) is 0 Å². The summed E-state index contributed by atoms with van der Waals surface area (Å²) in [6.45, 7) is 17.5. The van der Waals surface area contributed by atoms with Crippen molar-refractivity contribution in [2.24, 2.45) is 52.3 Å². The van der Waals surface area contributed by atoms with Crippen LogP contribution in [0.4, 0.5) is 0 Å². The van der Waals surface area contributed by atoms with Gasteiger partial charge in [0.25, 0.3) is 0 Å². The highest BCUT2D eigenvalue weighted by Crippen LogP contribution is 2.67. The molecule has 0 radical (unpaired) electrons. The molecule has 0 amide bonds. The van der Waals surface area contributed by atoms with Gasteiger partial charge < -0.3 is 4.74 Å². The van der Waals surface area contributed by atoms with E-state index in [0.717, 1.165) is 60.7 Å². The van der Waals surface area contributed by atoms with Crippen LogP contribution in [0.3, 0.4) is 0 Å². The Kier molecular flexibility index (Phi) is 16.4. The lowest BCUT2D eigenvalue weighted by Gasteiger charge is -2.58. The summed E-state index contributed by atoms with van der Waals surface area (Å²) in [6, 6.07) is 0. The second-order valence-electron chi connectivity index (χ2n) is 18.8. The standard InChI is InChI=1S/C46H82O2/c1-8-9-10-11-12-13-14-15-16-17-18-19-20-21-22-23-44(47)48-39-30-32-45(6)38(34-39)26-27-40-42-29-28-41(46(42,7)33-31-43(40)45)37(5)25-24-36(4)35(2)3/h26,35-37,39-43H,8-25,27-34H2,1-7H3/t36-,37-,39+,40+,41-,42+,43+,45+,46-/m1/s1. The van der Waals surface area contributed by atoms with E-state index in [2.05, 4.69) is 54.5 Å². The molecule has 0 N–H and O–H groups in total. The van der Waals surface area contributed by atoms with Gasteiger partial charge in [0.05, 0.1) is 0 Å². The Hall–Kier alpha value is -0.790. The number of esters is 1. The van der Waals surface area contributed by atoms with Crippen molar-refractivity contribution in [1.29, 1.82) is 0 Å². The van der Waals surface area contributed by atoms with E-state index < -0.39 is 0 Å². The number of hydrogen-bond acceptors (Lipinski definition) is 2. The Bertz CT molecular complexity index is 965. The predicted octanol–water partition coefficient (Wildman–Crippen LogP) is 14.4. The number of carbonyl (C=O) groups is 1. The summed E-state index contributed by atoms with van der Waals surface area (Å²) in [5.41, 5.74) is 2.52. The van der Waals surface area contributed by atoms with Crippen LogP contribution in [0.2, 0.25) is 0 Å². The van der Waals surface area contributed by atoms with E-state index >= 15 is 0 Å². The minimum atomic E-state index is 0.0647. The second kappa shape index (κ2) is 19.7. The number of hydrogen-bond donors (Lipinski definition) is 0. The first-order valence-electron chi connectivity index (χ1n) is 22.0. The van der Waals surface area contributed by atoms with E-state index in [4.69, 9.17) is 4.74 Å². The first-order chi connectivity index (χ1) is 23.1. The molecule has 2 heteroatoms. The molecule has 0 aromatic carbocycles. The Labute approximate surface area is 300 Å². The lowest BCUT2D eigenvalue weighted by Crippen LogP contribution is -2.51. The van der Waals surface area contributed by atoms with Gasteiger partial charge >= 0.3 is 5.97 Å². The summed E-state index contributed by atoms with van der Waals surface area (Å²) >= 11 is 0. The van der Waals surface area contributed by atoms with Crippen LogP contribution in [-0.2, 0) is 9.53 Å². The van der Waals surface area contributed by atoms with Crippen molar-refractivity contribution in [3.05, 3.63) is 11.6 Å². The lowest BCUT2D eigenvalue weighted by atomic mass is 9.47. The van der Waals surface area contributed by atoms with Crippen molar-refractivity contribution in [1.82, 2.24) is 0 Å². The van der Waals surface area contributed by atoms with Crippen molar-refractivity contribution in [2.75, 3.05) is 0 Å². The van der Waals surface area contributed by atoms with Crippen molar-refractivity contribution in [2.45, 2.75) is 222 Å². The molecular formula is C46H82O2. The molecule has 3 saturated carbocycles. The molecule has 3 fully saturated rings. The van der Waals surface area contributed by atoms with Crippen LogP contribution in [-0.4, -0.2) is 12.1 Å². The third-order valence-corrected chi connectivity index (χ3v) is 15.3. The highest BCUT2D eigenvalue weighted by molar-refractivity contribution is 5.69. The van der Waals surface area contributed by atoms with Crippen LogP contribution < -0.4 is 0 Å². The predicted molar refractivity (Wildman–Crippen MR) is 207 cm³/mol. The maximum Gasteiger partial charge on any atom is 0.306 e. The van der Waals surface area contributed by atoms with Crippen LogP contribution in [0.5, 0.6) is 0 Å². The zero-order valence-electron chi connectivity index (χ0n) is 33.4. The van der Waals surface area contributed by atoms with Gasteiger partial charge in [-0.1, -0.05) is 163 Å². The van der Waals surface area contributed by atoms with Gasteiger partial charge in [-0.2, -0.15) is 0 Å². The van der Waals surface area contributed by atoms with E-state index in [9.17, 15) is 4.79 Å². The van der Waals surface area contributed by atoms with Gasteiger partial charge in [-0.05, 0) is 104 Å². The fourth-order valence-electron chi connectivity index (χ4n) is 11.6. The summed E-state index contributed by atoms with van der Waals surface area (Å²) in [5, 5.41) is 0. The lowest BCUT2D eigenvalue weighted by molar-refractivity contribution is -0.151. The molecular weight excluding hydrogens is 585 g/mol. The van der Waals surface area contributed by atoms with Gasteiger partial charge in [-0.25, -0.2) is 0 Å². The fraction of sp³-hybridized carbons (Fsp3) is 0.935. The van der Waals surface area contributed by atoms with Gasteiger partial charge in [0.1, 0.15) is 6.10 Å². The Morgan fingerprint density at radius 1 is 0.750 bits per heavy atom. The van der Waals surface area contributed by atoms with Crippen molar-refractivity contribution in [3.8, 4) is 0 Å². The molecule has 4 rings (SSSR count). The first-order valence-corrected chi connectivity index (χ1v) is 22.0. The average Bonchev–Trinajstić information content (AvgIpc) is 3.42. The SMILES string of the molecule is CCCCCCCCCCCCCCCCCC(=O)O[C@H]1CC[C@@]2(C)C(=CC[C@H]3[C@@H]4CC[C@H]([C@H](C)CC[C@@H](C)C(C)C)[C@@]4(C)CC[C@@H]32)C1. The quantitative estimate of drug-likeness (QED) is 0.0653. The molecule has 0 aromatic rings. The van der Waals surface area contributed by atoms with Crippen molar-refractivity contribution >= 4 is 5.97 Å². The Morgan fingerprint density at radius 3 is 1.96 bits per heavy atom. The molecule has 0 aliphatic heterocycles. The summed E-state index contributed by atoms with van der Waals surface area (Å²) in [6.07, 6.45) is 36.9. The van der Waals surface area contributed by atoms with E-state index in [-0.39, 0.29) is 12.1 Å². The highest BCUT2D eigenvalue weighted by atomic mass is 16.5. The normalized spacial score (nSPS) is 32.7. The largest absolute Gasteiger partial charge is 0.462 e. The average molecular weight is 667 g/mol. The maximum absolute atomic E-state index is 12.8. The fourth-order valence-corrected chi connectivity index (χ4v) is 11.6. The molecule has 4 aliphatic rings. The van der Waals surface area contributed by atoms with Crippen molar-refractivity contribution in [3.63, 3.8) is 0 Å². The number of rotatable bonds is 22. The summed E-state index contributed by atoms with van der Waals surface area (Å²) < 4.78 is 6.14. The third-order valence-electron chi connectivity index (χ3n) is 15.3. The second-order valence-corrected chi connectivity index (χ2v) is 18.8. The Morgan fingerprint density at radius 2 is 1.35 bits per heavy atom. The molecule has 48 heavy (non-hydrogen) atoms. The molecule has 0 spiro atoms. The number of ether oxygens (including phenoxy) is 1. The molecule has 2 nitrogen and oxygen atoms in total. The van der Waals surface area contributed by atoms with E-state index in [1.54, 1.807) is 5.57 Å². The van der Waals surface area contributed by atoms with Gasteiger partial charge in [0, 0.05) is 12.8 Å². The minimum absolute atomic E-state index is 0.0647. The number of fused-ring (bicyclic) bond motifs is 5. The smallest absolute Gasteiger partial charge is 0.306 e.